The maximum Gasteiger partial charge on any atom is 0.192 e. The molecule has 114 valence electrons. The first-order valence-corrected chi connectivity index (χ1v) is 7.66. The SMILES string of the molecule is CCCc1cc(=O)c2cc3c(=O)cc(CCC)oc3cc2o1. The number of benzene rings is 1. The molecule has 0 bridgehead atoms. The molecule has 22 heavy (non-hydrogen) atoms. The van der Waals surface area contributed by atoms with Crippen LogP contribution >= 0.6 is 0 Å². The van der Waals surface area contributed by atoms with Crippen LogP contribution in [0.15, 0.2) is 42.7 Å². The normalized spacial score (nSPS) is 11.4. The van der Waals surface area contributed by atoms with Crippen LogP contribution in [0.3, 0.4) is 0 Å². The Kier molecular flexibility index (Phi) is 3.84. The van der Waals surface area contributed by atoms with Gasteiger partial charge in [0.1, 0.15) is 22.7 Å². The molecule has 0 radical (unpaired) electrons. The molecule has 1 aromatic carbocycles. The van der Waals surface area contributed by atoms with Crippen LogP contribution in [-0.4, -0.2) is 0 Å². The fourth-order valence-electron chi connectivity index (χ4n) is 2.64. The molecule has 0 saturated heterocycles. The summed E-state index contributed by atoms with van der Waals surface area (Å²) in [6.07, 6.45) is 3.22. The van der Waals surface area contributed by atoms with Crippen molar-refractivity contribution in [1.82, 2.24) is 0 Å². The molecule has 3 rings (SSSR count). The summed E-state index contributed by atoms with van der Waals surface area (Å²) in [5.41, 5.74) is 0.702. The second kappa shape index (κ2) is 5.79. The summed E-state index contributed by atoms with van der Waals surface area (Å²) in [4.78, 5) is 24.4. The van der Waals surface area contributed by atoms with Gasteiger partial charge in [0.15, 0.2) is 10.9 Å². The molecule has 0 aliphatic rings. The highest BCUT2D eigenvalue weighted by molar-refractivity contribution is 5.92. The van der Waals surface area contributed by atoms with Gasteiger partial charge in [0, 0.05) is 31.0 Å². The molecule has 4 nitrogen and oxygen atoms in total. The number of rotatable bonds is 4. The quantitative estimate of drug-likeness (QED) is 0.687. The second-order valence-corrected chi connectivity index (χ2v) is 5.50. The van der Waals surface area contributed by atoms with Crippen LogP contribution in [0.1, 0.15) is 38.2 Å². The molecule has 0 N–H and O–H groups in total. The van der Waals surface area contributed by atoms with E-state index in [1.165, 1.54) is 12.1 Å². The van der Waals surface area contributed by atoms with Gasteiger partial charge < -0.3 is 8.83 Å². The summed E-state index contributed by atoms with van der Waals surface area (Å²) in [5, 5.41) is 0.839. The van der Waals surface area contributed by atoms with E-state index in [0.29, 0.717) is 46.3 Å². The summed E-state index contributed by atoms with van der Waals surface area (Å²) in [6.45, 7) is 4.06. The minimum absolute atomic E-state index is 0.122. The maximum atomic E-state index is 12.2. The fourth-order valence-corrected chi connectivity index (χ4v) is 2.64. The predicted molar refractivity (Wildman–Crippen MR) is 86.5 cm³/mol. The van der Waals surface area contributed by atoms with Crippen LogP contribution in [0.2, 0.25) is 0 Å². The highest BCUT2D eigenvalue weighted by atomic mass is 16.3. The maximum absolute atomic E-state index is 12.2. The van der Waals surface area contributed by atoms with Crippen molar-refractivity contribution in [3.05, 3.63) is 56.2 Å². The Bertz CT molecular complexity index is 872. The van der Waals surface area contributed by atoms with E-state index in [4.69, 9.17) is 8.83 Å². The van der Waals surface area contributed by atoms with E-state index in [1.807, 2.05) is 13.8 Å². The number of hydrogen-bond donors (Lipinski definition) is 0. The van der Waals surface area contributed by atoms with Crippen molar-refractivity contribution in [2.24, 2.45) is 0 Å². The van der Waals surface area contributed by atoms with Gasteiger partial charge in [-0.1, -0.05) is 13.8 Å². The number of hydrogen-bond acceptors (Lipinski definition) is 4. The van der Waals surface area contributed by atoms with Gasteiger partial charge in [-0.2, -0.15) is 0 Å². The zero-order chi connectivity index (χ0) is 15.7. The van der Waals surface area contributed by atoms with E-state index < -0.39 is 0 Å². The Morgan fingerprint density at radius 2 is 1.18 bits per heavy atom. The van der Waals surface area contributed by atoms with Crippen molar-refractivity contribution in [1.29, 1.82) is 0 Å². The minimum Gasteiger partial charge on any atom is -0.461 e. The standard InChI is InChI=1S/C18H18O4/c1-3-5-11-7-15(19)13-9-14-16(20)8-12(6-4-2)22-18(14)10-17(13)21-11/h7-10H,3-6H2,1-2H3. The van der Waals surface area contributed by atoms with Gasteiger partial charge in [0.05, 0.1) is 10.8 Å². The van der Waals surface area contributed by atoms with Crippen LogP contribution in [0.5, 0.6) is 0 Å². The molecule has 0 aliphatic carbocycles. The van der Waals surface area contributed by atoms with Crippen LogP contribution in [0.4, 0.5) is 0 Å². The molecule has 0 unspecified atom stereocenters. The molecule has 0 amide bonds. The van der Waals surface area contributed by atoms with Crippen molar-refractivity contribution >= 4 is 21.9 Å². The van der Waals surface area contributed by atoms with E-state index in [2.05, 4.69) is 0 Å². The molecular formula is C18H18O4. The Morgan fingerprint density at radius 3 is 1.59 bits per heavy atom. The molecule has 3 aromatic rings. The Hall–Kier alpha value is -2.36. The largest absolute Gasteiger partial charge is 0.461 e. The molecule has 0 fully saturated rings. The molecular weight excluding hydrogens is 280 g/mol. The van der Waals surface area contributed by atoms with E-state index >= 15 is 0 Å². The van der Waals surface area contributed by atoms with Crippen molar-refractivity contribution in [3.8, 4) is 0 Å². The monoisotopic (exact) mass is 298 g/mol. The number of fused-ring (bicyclic) bond motifs is 2. The fraction of sp³-hybridized carbons (Fsp3) is 0.333. The molecule has 0 aliphatic heterocycles. The van der Waals surface area contributed by atoms with Crippen LogP contribution in [-0.2, 0) is 12.8 Å². The first kappa shape index (κ1) is 14.6. The average molecular weight is 298 g/mol. The average Bonchev–Trinajstić information content (AvgIpc) is 2.46. The zero-order valence-electron chi connectivity index (χ0n) is 12.8. The highest BCUT2D eigenvalue weighted by Gasteiger charge is 2.11. The summed E-state index contributed by atoms with van der Waals surface area (Å²) in [6, 6.07) is 6.25. The predicted octanol–water partition coefficient (Wildman–Crippen LogP) is 3.80. The summed E-state index contributed by atoms with van der Waals surface area (Å²) < 4.78 is 11.5. The molecule has 2 aromatic heterocycles. The van der Waals surface area contributed by atoms with E-state index in [1.54, 1.807) is 12.1 Å². The summed E-state index contributed by atoms with van der Waals surface area (Å²) >= 11 is 0. The lowest BCUT2D eigenvalue weighted by Crippen LogP contribution is -2.06. The van der Waals surface area contributed by atoms with Crippen molar-refractivity contribution in [2.45, 2.75) is 39.5 Å². The molecule has 0 spiro atoms. The molecule has 0 atom stereocenters. The van der Waals surface area contributed by atoms with E-state index in [-0.39, 0.29) is 10.9 Å². The first-order valence-electron chi connectivity index (χ1n) is 7.66. The van der Waals surface area contributed by atoms with Crippen LogP contribution < -0.4 is 10.9 Å². The lowest BCUT2D eigenvalue weighted by Gasteiger charge is -2.05. The zero-order valence-corrected chi connectivity index (χ0v) is 12.8. The van der Waals surface area contributed by atoms with Gasteiger partial charge >= 0.3 is 0 Å². The van der Waals surface area contributed by atoms with Gasteiger partial charge in [0.25, 0.3) is 0 Å². The van der Waals surface area contributed by atoms with Gasteiger partial charge in [-0.3, -0.25) is 9.59 Å². The van der Waals surface area contributed by atoms with Crippen LogP contribution in [0, 0.1) is 0 Å². The summed E-state index contributed by atoms with van der Waals surface area (Å²) in [5.74, 6) is 1.32. The second-order valence-electron chi connectivity index (χ2n) is 5.50. The van der Waals surface area contributed by atoms with E-state index in [9.17, 15) is 9.59 Å². The van der Waals surface area contributed by atoms with Crippen molar-refractivity contribution < 1.29 is 8.83 Å². The van der Waals surface area contributed by atoms with Gasteiger partial charge in [-0.25, -0.2) is 0 Å². The van der Waals surface area contributed by atoms with Gasteiger partial charge in [-0.15, -0.1) is 0 Å². The molecule has 0 saturated carbocycles. The third-order valence-electron chi connectivity index (χ3n) is 3.67. The number of aryl methyl sites for hydroxylation is 2. The lowest BCUT2D eigenvalue weighted by molar-refractivity contribution is 0.522. The lowest BCUT2D eigenvalue weighted by atomic mass is 10.1. The van der Waals surface area contributed by atoms with Crippen molar-refractivity contribution in [3.63, 3.8) is 0 Å². The Labute approximate surface area is 127 Å². The Balaban J connectivity index is 2.31. The third kappa shape index (κ3) is 2.56. The van der Waals surface area contributed by atoms with Crippen molar-refractivity contribution in [2.75, 3.05) is 0 Å². The van der Waals surface area contributed by atoms with Gasteiger partial charge in [0.2, 0.25) is 0 Å². The van der Waals surface area contributed by atoms with E-state index in [0.717, 1.165) is 12.8 Å². The summed E-state index contributed by atoms with van der Waals surface area (Å²) in [7, 11) is 0. The van der Waals surface area contributed by atoms with Crippen LogP contribution in [0.25, 0.3) is 21.9 Å². The smallest absolute Gasteiger partial charge is 0.192 e. The highest BCUT2D eigenvalue weighted by Crippen LogP contribution is 2.21. The first-order chi connectivity index (χ1) is 10.6. The molecule has 2 heterocycles. The topological polar surface area (TPSA) is 60.4 Å². The Morgan fingerprint density at radius 1 is 0.727 bits per heavy atom. The minimum atomic E-state index is -0.122. The third-order valence-corrected chi connectivity index (χ3v) is 3.67. The van der Waals surface area contributed by atoms with Gasteiger partial charge in [-0.05, 0) is 18.9 Å². The molecule has 4 heteroatoms.